The summed E-state index contributed by atoms with van der Waals surface area (Å²) in [7, 11) is 1.82. The van der Waals surface area contributed by atoms with E-state index in [0.29, 0.717) is 12.3 Å². The van der Waals surface area contributed by atoms with Gasteiger partial charge < -0.3 is 5.32 Å². The molecule has 0 radical (unpaired) electrons. The smallest absolute Gasteiger partial charge is 0.157 e. The Bertz CT molecular complexity index is 368. The van der Waals surface area contributed by atoms with Crippen molar-refractivity contribution in [1.29, 1.82) is 0 Å². The molecule has 2 nitrogen and oxygen atoms in total. The van der Waals surface area contributed by atoms with Gasteiger partial charge in [-0.3, -0.25) is 4.79 Å². The van der Waals surface area contributed by atoms with Crippen LogP contribution in [0.2, 0.25) is 0 Å². The van der Waals surface area contributed by atoms with E-state index in [0.717, 1.165) is 22.9 Å². The average molecular weight is 268 g/mol. The Kier molecular flexibility index (Phi) is 2.94. The zero-order valence-electron chi connectivity index (χ0n) is 8.72. The van der Waals surface area contributed by atoms with Crippen molar-refractivity contribution in [3.63, 3.8) is 0 Å². The van der Waals surface area contributed by atoms with Gasteiger partial charge in [-0.1, -0.05) is 28.1 Å². The lowest BCUT2D eigenvalue weighted by Crippen LogP contribution is -2.29. The van der Waals surface area contributed by atoms with Crippen LogP contribution < -0.4 is 5.32 Å². The van der Waals surface area contributed by atoms with Crippen LogP contribution in [0.4, 0.5) is 0 Å². The van der Waals surface area contributed by atoms with E-state index in [-0.39, 0.29) is 5.41 Å². The van der Waals surface area contributed by atoms with Crippen LogP contribution in [0.25, 0.3) is 0 Å². The molecule has 1 aromatic carbocycles. The van der Waals surface area contributed by atoms with Gasteiger partial charge in [0, 0.05) is 4.47 Å². The Morgan fingerprint density at radius 1 is 1.40 bits per heavy atom. The fourth-order valence-corrected chi connectivity index (χ4v) is 2.22. The molecule has 1 aliphatic rings. The first-order chi connectivity index (χ1) is 7.19. The lowest BCUT2D eigenvalue weighted by atomic mass is 9.91. The van der Waals surface area contributed by atoms with E-state index < -0.39 is 0 Å². The van der Waals surface area contributed by atoms with Crippen LogP contribution >= 0.6 is 15.9 Å². The number of Topliss-reactive ketones (excluding diaryl/α,β-unsaturated/α-hetero) is 1. The van der Waals surface area contributed by atoms with Crippen molar-refractivity contribution in [1.82, 2.24) is 5.32 Å². The van der Waals surface area contributed by atoms with Gasteiger partial charge in [-0.05, 0) is 37.6 Å². The number of nitrogens with one attached hydrogen (secondary N) is 1. The van der Waals surface area contributed by atoms with Crippen LogP contribution in [0.3, 0.4) is 0 Å². The number of carbonyl (C=O) groups is 1. The second kappa shape index (κ2) is 4.06. The number of halogens is 1. The van der Waals surface area contributed by atoms with Crippen LogP contribution in [-0.4, -0.2) is 19.4 Å². The molecule has 80 valence electrons. The first-order valence-electron chi connectivity index (χ1n) is 5.13. The molecule has 15 heavy (non-hydrogen) atoms. The first kappa shape index (κ1) is 10.8. The number of likely N-dealkylation sites (N-methyl/N-ethyl adjacent to an activating group) is 1. The molecule has 0 unspecified atom stereocenters. The van der Waals surface area contributed by atoms with Crippen molar-refractivity contribution in [2.45, 2.75) is 18.3 Å². The zero-order chi connectivity index (χ0) is 10.9. The fraction of sp³-hybridized carbons (Fsp3) is 0.417. The molecular formula is C12H14BrNO. The van der Waals surface area contributed by atoms with Gasteiger partial charge >= 0.3 is 0 Å². The van der Waals surface area contributed by atoms with Crippen LogP contribution in [0.5, 0.6) is 0 Å². The minimum atomic E-state index is -0.177. The van der Waals surface area contributed by atoms with Gasteiger partial charge in [0.2, 0.25) is 0 Å². The highest BCUT2D eigenvalue weighted by molar-refractivity contribution is 9.10. The van der Waals surface area contributed by atoms with Gasteiger partial charge in [0.05, 0.1) is 12.0 Å². The Morgan fingerprint density at radius 3 is 2.47 bits per heavy atom. The summed E-state index contributed by atoms with van der Waals surface area (Å²) in [6.45, 7) is 0.468. The van der Waals surface area contributed by atoms with Gasteiger partial charge in [0.25, 0.3) is 0 Å². The molecule has 0 aliphatic heterocycles. The summed E-state index contributed by atoms with van der Waals surface area (Å²) >= 11 is 3.40. The minimum Gasteiger partial charge on any atom is -0.313 e. The monoisotopic (exact) mass is 267 g/mol. The van der Waals surface area contributed by atoms with E-state index >= 15 is 0 Å². The summed E-state index contributed by atoms with van der Waals surface area (Å²) in [6.07, 6.45) is 1.99. The second-order valence-electron chi connectivity index (χ2n) is 4.04. The van der Waals surface area contributed by atoms with E-state index in [9.17, 15) is 4.79 Å². The predicted octanol–water partition coefficient (Wildman–Crippen LogP) is 2.27. The molecule has 3 heteroatoms. The van der Waals surface area contributed by atoms with E-state index in [1.807, 2.05) is 31.3 Å². The fourth-order valence-electron chi connectivity index (χ4n) is 1.95. The van der Waals surface area contributed by atoms with E-state index in [1.54, 1.807) is 0 Å². The van der Waals surface area contributed by atoms with Gasteiger partial charge in [0.1, 0.15) is 0 Å². The average Bonchev–Trinajstić information content (AvgIpc) is 3.00. The quantitative estimate of drug-likeness (QED) is 0.907. The van der Waals surface area contributed by atoms with Crippen molar-refractivity contribution >= 4 is 21.7 Å². The molecule has 0 saturated heterocycles. The van der Waals surface area contributed by atoms with Crippen LogP contribution in [0.15, 0.2) is 28.7 Å². The molecule has 0 spiro atoms. The van der Waals surface area contributed by atoms with E-state index in [1.165, 1.54) is 0 Å². The molecule has 0 atom stereocenters. The Morgan fingerprint density at radius 2 is 2.00 bits per heavy atom. The number of ketones is 1. The predicted molar refractivity (Wildman–Crippen MR) is 64.0 cm³/mol. The van der Waals surface area contributed by atoms with Gasteiger partial charge in [-0.25, -0.2) is 0 Å². The SMILES string of the molecule is CNCC(=O)C1(c2ccc(Br)cc2)CC1. The maximum Gasteiger partial charge on any atom is 0.157 e. The second-order valence-corrected chi connectivity index (χ2v) is 4.96. The van der Waals surface area contributed by atoms with Crippen LogP contribution in [-0.2, 0) is 10.2 Å². The molecule has 1 aliphatic carbocycles. The van der Waals surface area contributed by atoms with Crippen molar-refractivity contribution in [2.75, 3.05) is 13.6 Å². The normalized spacial score (nSPS) is 17.5. The number of hydrogen-bond acceptors (Lipinski definition) is 2. The molecule has 0 amide bonds. The summed E-state index contributed by atoms with van der Waals surface area (Å²) in [4.78, 5) is 11.9. The van der Waals surface area contributed by atoms with Crippen LogP contribution in [0, 0.1) is 0 Å². The van der Waals surface area contributed by atoms with Gasteiger partial charge in [-0.15, -0.1) is 0 Å². The standard InChI is InChI=1S/C12H14BrNO/c1-14-8-11(15)12(6-7-12)9-2-4-10(13)5-3-9/h2-5,14H,6-8H2,1H3. The molecule has 1 aromatic rings. The van der Waals surface area contributed by atoms with Gasteiger partial charge in [0.15, 0.2) is 5.78 Å². The van der Waals surface area contributed by atoms with E-state index in [2.05, 4.69) is 21.2 Å². The summed E-state index contributed by atoms with van der Waals surface area (Å²) < 4.78 is 1.06. The number of hydrogen-bond donors (Lipinski definition) is 1. The van der Waals surface area contributed by atoms with Crippen molar-refractivity contribution in [3.05, 3.63) is 34.3 Å². The number of benzene rings is 1. The highest BCUT2D eigenvalue weighted by Gasteiger charge is 2.50. The third-order valence-electron chi connectivity index (χ3n) is 3.02. The molecule has 1 saturated carbocycles. The molecule has 2 rings (SSSR count). The first-order valence-corrected chi connectivity index (χ1v) is 5.92. The molecular weight excluding hydrogens is 254 g/mol. The highest BCUT2D eigenvalue weighted by atomic mass is 79.9. The summed E-state index contributed by atoms with van der Waals surface area (Å²) in [5.74, 6) is 0.312. The molecule has 1 N–H and O–H groups in total. The summed E-state index contributed by atoms with van der Waals surface area (Å²) in [6, 6.07) is 8.10. The molecule has 0 aromatic heterocycles. The van der Waals surface area contributed by atoms with Crippen molar-refractivity contribution in [2.24, 2.45) is 0 Å². The lowest BCUT2D eigenvalue weighted by Gasteiger charge is -2.14. The summed E-state index contributed by atoms with van der Waals surface area (Å²) in [5, 5.41) is 2.94. The third kappa shape index (κ3) is 1.99. The third-order valence-corrected chi connectivity index (χ3v) is 3.55. The van der Waals surface area contributed by atoms with Gasteiger partial charge in [-0.2, -0.15) is 0 Å². The summed E-state index contributed by atoms with van der Waals surface area (Å²) in [5.41, 5.74) is 0.981. The van der Waals surface area contributed by atoms with Crippen molar-refractivity contribution < 1.29 is 4.79 Å². The number of carbonyl (C=O) groups excluding carboxylic acids is 1. The Balaban J connectivity index is 2.22. The highest BCUT2D eigenvalue weighted by Crippen LogP contribution is 2.48. The number of rotatable bonds is 4. The molecule has 0 bridgehead atoms. The topological polar surface area (TPSA) is 29.1 Å². The Hall–Kier alpha value is -0.670. The molecule has 1 fully saturated rings. The maximum atomic E-state index is 11.9. The van der Waals surface area contributed by atoms with Crippen molar-refractivity contribution in [3.8, 4) is 0 Å². The van der Waals surface area contributed by atoms with Crippen LogP contribution in [0.1, 0.15) is 18.4 Å². The minimum absolute atomic E-state index is 0.177. The lowest BCUT2D eigenvalue weighted by molar-refractivity contribution is -0.120. The largest absolute Gasteiger partial charge is 0.313 e. The maximum absolute atomic E-state index is 11.9. The Labute approximate surface area is 98.2 Å². The zero-order valence-corrected chi connectivity index (χ0v) is 10.3. The van der Waals surface area contributed by atoms with E-state index in [4.69, 9.17) is 0 Å². The molecule has 0 heterocycles.